The molecular formula is C39H60O11. The number of ether oxygens (including phenoxy) is 5. The highest BCUT2D eigenvalue weighted by molar-refractivity contribution is 5.90. The van der Waals surface area contributed by atoms with Crippen LogP contribution >= 0.6 is 0 Å². The molecule has 7 rings (SSSR count). The first-order valence-electron chi connectivity index (χ1n) is 19.1. The van der Waals surface area contributed by atoms with Crippen LogP contribution in [0.1, 0.15) is 114 Å². The fourth-order valence-electron chi connectivity index (χ4n) is 13.5. The maximum atomic E-state index is 14.3. The summed E-state index contributed by atoms with van der Waals surface area (Å²) in [4.78, 5) is 37.8. The van der Waals surface area contributed by atoms with Gasteiger partial charge in [0.05, 0.1) is 18.3 Å². The Labute approximate surface area is 296 Å². The number of Topliss-reactive ketones (excluding diaryl/α,β-unsaturated/α-hetero) is 1. The van der Waals surface area contributed by atoms with E-state index in [0.717, 1.165) is 44.9 Å². The zero-order chi connectivity index (χ0) is 36.6. The van der Waals surface area contributed by atoms with E-state index in [1.54, 1.807) is 0 Å². The third kappa shape index (κ3) is 4.99. The molecule has 282 valence electrons. The summed E-state index contributed by atoms with van der Waals surface area (Å²) in [5.74, 6) is -0.837. The van der Waals surface area contributed by atoms with Crippen molar-refractivity contribution in [2.45, 2.75) is 168 Å². The number of esters is 2. The van der Waals surface area contributed by atoms with Crippen molar-refractivity contribution in [3.05, 3.63) is 0 Å². The lowest BCUT2D eigenvalue weighted by atomic mass is 9.41. The lowest BCUT2D eigenvalue weighted by molar-refractivity contribution is -0.304. The van der Waals surface area contributed by atoms with E-state index >= 15 is 0 Å². The van der Waals surface area contributed by atoms with Crippen LogP contribution in [0.25, 0.3) is 0 Å². The zero-order valence-corrected chi connectivity index (χ0v) is 31.4. The quantitative estimate of drug-likeness (QED) is 0.190. The van der Waals surface area contributed by atoms with Crippen LogP contribution in [0.3, 0.4) is 0 Å². The van der Waals surface area contributed by atoms with Crippen molar-refractivity contribution < 1.29 is 53.4 Å². The van der Waals surface area contributed by atoms with Gasteiger partial charge in [-0.05, 0) is 105 Å². The Morgan fingerprint density at radius 1 is 0.900 bits per heavy atom. The van der Waals surface area contributed by atoms with E-state index < -0.39 is 53.6 Å². The number of carbonyl (C=O) groups is 3. The van der Waals surface area contributed by atoms with Gasteiger partial charge in [-0.1, -0.05) is 34.6 Å². The molecular weight excluding hydrogens is 644 g/mol. The molecule has 16 atom stereocenters. The van der Waals surface area contributed by atoms with Crippen LogP contribution in [0.2, 0.25) is 0 Å². The first-order valence-corrected chi connectivity index (χ1v) is 19.1. The monoisotopic (exact) mass is 704 g/mol. The summed E-state index contributed by atoms with van der Waals surface area (Å²) < 4.78 is 29.1. The number of rotatable bonds is 8. The fraction of sp³-hybridized carbons (Fsp3) is 0.923. The normalized spacial score (nSPS) is 50.8. The molecule has 0 radical (unpaired) electrons. The van der Waals surface area contributed by atoms with Crippen molar-refractivity contribution in [2.24, 2.45) is 50.7 Å². The first kappa shape index (κ1) is 36.7. The summed E-state index contributed by atoms with van der Waals surface area (Å²) in [5.41, 5.74) is -1.45. The SMILES string of the molecule is CC(=O)O[C@H]1CO[C@H](O[C@H]2CC[C@]34C[C@]35CC[C@]3(C)[C@@H]([C@H](C)C[C@@H](OC(C)=O)[C@@H]6OC6(C)C)C(=O)[C@H](O)[C@@]3(C)[C@@H]5CC[C@H]4C2(C)C)[C@H](O)[C@H]1O. The number of hydrogen-bond donors (Lipinski definition) is 3. The van der Waals surface area contributed by atoms with Gasteiger partial charge in [0.25, 0.3) is 0 Å². The molecule has 0 amide bonds. The molecule has 2 saturated heterocycles. The average molecular weight is 705 g/mol. The van der Waals surface area contributed by atoms with Crippen LogP contribution in [0.15, 0.2) is 0 Å². The molecule has 0 unspecified atom stereocenters. The van der Waals surface area contributed by atoms with Gasteiger partial charge in [0.2, 0.25) is 0 Å². The van der Waals surface area contributed by atoms with Crippen LogP contribution in [-0.2, 0) is 38.1 Å². The van der Waals surface area contributed by atoms with E-state index in [1.807, 2.05) is 13.8 Å². The largest absolute Gasteiger partial charge is 0.460 e. The molecule has 7 aliphatic rings. The summed E-state index contributed by atoms with van der Waals surface area (Å²) in [6.07, 6.45) is 0.598. The Kier molecular flexibility index (Phi) is 8.58. The zero-order valence-electron chi connectivity index (χ0n) is 31.4. The van der Waals surface area contributed by atoms with Crippen LogP contribution in [0.4, 0.5) is 0 Å². The number of epoxide rings is 1. The first-order chi connectivity index (χ1) is 23.2. The minimum absolute atomic E-state index is 0.0479. The maximum absolute atomic E-state index is 14.3. The Balaban J connectivity index is 1.09. The third-order valence-corrected chi connectivity index (χ3v) is 16.0. The Hall–Kier alpha value is -1.63. The summed E-state index contributed by atoms with van der Waals surface area (Å²) >= 11 is 0. The highest BCUT2D eigenvalue weighted by atomic mass is 16.7. The molecule has 3 N–H and O–H groups in total. The summed E-state index contributed by atoms with van der Waals surface area (Å²) in [6.45, 7) is 17.7. The van der Waals surface area contributed by atoms with Crippen LogP contribution in [-0.4, -0.2) is 94.3 Å². The number of aliphatic hydroxyl groups is 3. The number of fused-ring (bicyclic) bond motifs is 2. The van der Waals surface area contributed by atoms with Gasteiger partial charge in [-0.3, -0.25) is 14.4 Å². The molecule has 11 nitrogen and oxygen atoms in total. The summed E-state index contributed by atoms with van der Waals surface area (Å²) in [7, 11) is 0. The van der Waals surface area contributed by atoms with Gasteiger partial charge in [-0.25, -0.2) is 0 Å². The molecule has 2 heterocycles. The molecule has 0 aromatic heterocycles. The molecule has 7 fully saturated rings. The summed E-state index contributed by atoms with van der Waals surface area (Å²) in [6, 6.07) is 0. The Morgan fingerprint density at radius 2 is 1.54 bits per heavy atom. The smallest absolute Gasteiger partial charge is 0.303 e. The van der Waals surface area contributed by atoms with E-state index in [4.69, 9.17) is 23.7 Å². The minimum Gasteiger partial charge on any atom is -0.460 e. The second kappa shape index (κ2) is 11.7. The van der Waals surface area contributed by atoms with Crippen molar-refractivity contribution in [3.63, 3.8) is 0 Å². The van der Waals surface area contributed by atoms with Crippen molar-refractivity contribution in [2.75, 3.05) is 6.61 Å². The molecule has 0 bridgehead atoms. The van der Waals surface area contributed by atoms with Gasteiger partial charge >= 0.3 is 11.9 Å². The second-order valence-corrected chi connectivity index (χ2v) is 19.0. The van der Waals surface area contributed by atoms with Gasteiger partial charge in [-0.15, -0.1) is 0 Å². The van der Waals surface area contributed by atoms with Crippen LogP contribution < -0.4 is 0 Å². The molecule has 2 aliphatic heterocycles. The van der Waals surface area contributed by atoms with Gasteiger partial charge in [0.15, 0.2) is 18.2 Å². The predicted octanol–water partition coefficient (Wildman–Crippen LogP) is 4.11. The van der Waals surface area contributed by atoms with Gasteiger partial charge in [0, 0.05) is 25.2 Å². The number of aliphatic hydroxyl groups excluding tert-OH is 3. The standard InChI is InChI=1S/C39H60O11/c1-19(16-22(47-20(2)40)32-35(6,7)50-32)27-29(43)31(45)37(9)25-11-10-24-34(4,5)26(12-13-38(24)18-39(25,38)15-14-36(27,37)8)49-33-30(44)28(42)23(17-46-33)48-21(3)41/h19,22-28,30-33,42,44-45H,10-18H2,1-9H3/t19-,22-,23+,24+,25+,26+,27+,28+,30-,31+,32+,33-,36-,37-,38-,39+/m1/s1. The molecule has 0 aromatic carbocycles. The van der Waals surface area contributed by atoms with Crippen molar-refractivity contribution >= 4 is 17.7 Å². The van der Waals surface area contributed by atoms with Crippen molar-refractivity contribution in [1.82, 2.24) is 0 Å². The highest BCUT2D eigenvalue weighted by Crippen LogP contribution is 2.89. The molecule has 0 aromatic rings. The topological polar surface area (TPSA) is 161 Å². The van der Waals surface area contributed by atoms with Gasteiger partial charge in [-0.2, -0.15) is 0 Å². The number of carbonyl (C=O) groups excluding carboxylic acids is 3. The molecule has 5 aliphatic carbocycles. The Bertz CT molecular complexity index is 1410. The second-order valence-electron chi connectivity index (χ2n) is 19.0. The van der Waals surface area contributed by atoms with E-state index in [-0.39, 0.29) is 70.2 Å². The van der Waals surface area contributed by atoms with Crippen molar-refractivity contribution in [1.29, 1.82) is 0 Å². The van der Waals surface area contributed by atoms with E-state index in [1.165, 1.54) is 13.8 Å². The third-order valence-electron chi connectivity index (χ3n) is 16.0. The highest BCUT2D eigenvalue weighted by Gasteiger charge is 2.84. The average Bonchev–Trinajstić information content (AvgIpc) is 3.87. The predicted molar refractivity (Wildman–Crippen MR) is 179 cm³/mol. The lowest BCUT2D eigenvalue weighted by Crippen LogP contribution is -2.61. The Morgan fingerprint density at radius 3 is 2.16 bits per heavy atom. The number of ketones is 1. The van der Waals surface area contributed by atoms with E-state index in [9.17, 15) is 29.7 Å². The molecule has 50 heavy (non-hydrogen) atoms. The van der Waals surface area contributed by atoms with E-state index in [2.05, 4.69) is 34.6 Å². The summed E-state index contributed by atoms with van der Waals surface area (Å²) in [5, 5.41) is 33.6. The fourth-order valence-corrected chi connectivity index (χ4v) is 13.5. The number of hydrogen-bond acceptors (Lipinski definition) is 11. The van der Waals surface area contributed by atoms with Gasteiger partial charge in [0.1, 0.15) is 30.5 Å². The van der Waals surface area contributed by atoms with Gasteiger partial charge < -0.3 is 39.0 Å². The lowest BCUT2D eigenvalue weighted by Gasteiger charge is -2.63. The maximum Gasteiger partial charge on any atom is 0.303 e. The van der Waals surface area contributed by atoms with Crippen LogP contribution in [0, 0.1) is 50.7 Å². The molecule has 2 spiro atoms. The molecule has 11 heteroatoms. The molecule has 5 saturated carbocycles. The minimum atomic E-state index is -1.34. The van der Waals surface area contributed by atoms with E-state index in [0.29, 0.717) is 12.3 Å². The van der Waals surface area contributed by atoms with Crippen molar-refractivity contribution in [3.8, 4) is 0 Å². The van der Waals surface area contributed by atoms with Crippen LogP contribution in [0.5, 0.6) is 0 Å².